The maximum Gasteiger partial charge on any atom is 0.249 e. The number of aromatic nitrogens is 2. The van der Waals surface area contributed by atoms with Gasteiger partial charge < -0.3 is 10.2 Å². The van der Waals surface area contributed by atoms with E-state index in [1.807, 2.05) is 77.9 Å². The van der Waals surface area contributed by atoms with Gasteiger partial charge in [0.05, 0.1) is 0 Å². The summed E-state index contributed by atoms with van der Waals surface area (Å²) in [5.74, 6) is -0.390. The van der Waals surface area contributed by atoms with Crippen LogP contribution in [0.25, 0.3) is 10.6 Å². The lowest BCUT2D eigenvalue weighted by molar-refractivity contribution is -0.128. The number of rotatable bonds is 8. The quantitative estimate of drug-likeness (QED) is 0.655. The molecule has 0 saturated carbocycles. The van der Waals surface area contributed by atoms with E-state index in [2.05, 4.69) is 20.8 Å². The van der Waals surface area contributed by atoms with Crippen LogP contribution in [-0.2, 0) is 9.59 Å². The predicted molar refractivity (Wildman–Crippen MR) is 124 cm³/mol. The molecule has 2 atom stereocenters. The molecule has 1 aromatic heterocycles. The van der Waals surface area contributed by atoms with Crippen molar-refractivity contribution in [1.29, 1.82) is 0 Å². The summed E-state index contributed by atoms with van der Waals surface area (Å²) in [6, 6.07) is 7.38. The highest BCUT2D eigenvalue weighted by Crippen LogP contribution is 2.28. The minimum Gasteiger partial charge on any atom is -0.378 e. The third-order valence-electron chi connectivity index (χ3n) is 4.79. The fourth-order valence-corrected chi connectivity index (χ4v) is 3.64. The Hall–Kier alpha value is -2.48. The van der Waals surface area contributed by atoms with Crippen molar-refractivity contribution in [2.45, 2.75) is 53.5 Å². The SMILES string of the molecule is CC[C@@H](C)[C@H](NC(=O)CC(C)(C)C)C(=O)Nc1nnc(-c2ccc(N(C)C)cc2)s1. The molecule has 2 rings (SSSR count). The summed E-state index contributed by atoms with van der Waals surface area (Å²) >= 11 is 1.31. The number of benzene rings is 1. The van der Waals surface area contributed by atoms with Crippen molar-refractivity contribution in [3.05, 3.63) is 24.3 Å². The number of carbonyl (C=O) groups excluding carboxylic acids is 2. The van der Waals surface area contributed by atoms with E-state index in [-0.39, 0.29) is 23.1 Å². The number of anilines is 2. The van der Waals surface area contributed by atoms with E-state index < -0.39 is 6.04 Å². The molecule has 7 nitrogen and oxygen atoms in total. The van der Waals surface area contributed by atoms with Gasteiger partial charge in [0.1, 0.15) is 11.0 Å². The van der Waals surface area contributed by atoms with Crippen LogP contribution in [0.1, 0.15) is 47.5 Å². The Morgan fingerprint density at radius 1 is 1.13 bits per heavy atom. The van der Waals surface area contributed by atoms with Crippen molar-refractivity contribution in [1.82, 2.24) is 15.5 Å². The molecule has 0 fully saturated rings. The van der Waals surface area contributed by atoms with Gasteiger partial charge in [-0.3, -0.25) is 14.9 Å². The zero-order valence-electron chi connectivity index (χ0n) is 18.9. The molecule has 0 aliphatic heterocycles. The lowest BCUT2D eigenvalue weighted by Crippen LogP contribution is -2.48. The first-order valence-corrected chi connectivity index (χ1v) is 11.0. The molecule has 0 radical (unpaired) electrons. The van der Waals surface area contributed by atoms with Gasteiger partial charge in [0.2, 0.25) is 16.9 Å². The van der Waals surface area contributed by atoms with Gasteiger partial charge in [-0.25, -0.2) is 0 Å². The minimum atomic E-state index is -0.614. The first-order valence-electron chi connectivity index (χ1n) is 10.2. The third kappa shape index (κ3) is 6.79. The van der Waals surface area contributed by atoms with Crippen LogP contribution in [0.15, 0.2) is 24.3 Å². The van der Waals surface area contributed by atoms with Crippen LogP contribution in [-0.4, -0.2) is 42.1 Å². The molecule has 0 aliphatic carbocycles. The fraction of sp³-hybridized carbons (Fsp3) is 0.545. The van der Waals surface area contributed by atoms with E-state index in [0.717, 1.165) is 22.7 Å². The monoisotopic (exact) mass is 431 g/mol. The molecule has 0 spiro atoms. The van der Waals surface area contributed by atoms with Crippen molar-refractivity contribution in [2.75, 3.05) is 24.3 Å². The molecule has 8 heteroatoms. The Morgan fingerprint density at radius 3 is 2.30 bits per heavy atom. The van der Waals surface area contributed by atoms with Crippen molar-refractivity contribution in [3.63, 3.8) is 0 Å². The van der Waals surface area contributed by atoms with Crippen LogP contribution in [0, 0.1) is 11.3 Å². The van der Waals surface area contributed by atoms with Gasteiger partial charge in [-0.05, 0) is 35.6 Å². The summed E-state index contributed by atoms with van der Waals surface area (Å²) in [5.41, 5.74) is 1.89. The predicted octanol–water partition coefficient (Wildman–Crippen LogP) is 4.18. The number of nitrogens with zero attached hydrogens (tertiary/aromatic N) is 3. The molecular formula is C22H33N5O2S. The van der Waals surface area contributed by atoms with Crippen LogP contribution in [0.2, 0.25) is 0 Å². The molecule has 0 bridgehead atoms. The Kier molecular flexibility index (Phi) is 7.95. The van der Waals surface area contributed by atoms with Gasteiger partial charge in [0, 0.05) is 31.8 Å². The maximum absolute atomic E-state index is 12.9. The number of carbonyl (C=O) groups is 2. The molecule has 0 unspecified atom stereocenters. The van der Waals surface area contributed by atoms with Gasteiger partial charge in [0.15, 0.2) is 0 Å². The van der Waals surface area contributed by atoms with Gasteiger partial charge in [-0.15, -0.1) is 10.2 Å². The Labute approximate surface area is 183 Å². The highest BCUT2D eigenvalue weighted by molar-refractivity contribution is 7.18. The molecule has 0 saturated heterocycles. The molecular weight excluding hydrogens is 398 g/mol. The minimum absolute atomic E-state index is 0.000104. The van der Waals surface area contributed by atoms with Crippen molar-refractivity contribution < 1.29 is 9.59 Å². The summed E-state index contributed by atoms with van der Waals surface area (Å²) in [7, 11) is 3.98. The van der Waals surface area contributed by atoms with Crippen LogP contribution < -0.4 is 15.5 Å². The second kappa shape index (κ2) is 10.0. The fourth-order valence-electron chi connectivity index (χ4n) is 2.88. The van der Waals surface area contributed by atoms with E-state index in [9.17, 15) is 9.59 Å². The summed E-state index contributed by atoms with van der Waals surface area (Å²) in [6.07, 6.45) is 1.13. The molecule has 1 heterocycles. The second-order valence-electron chi connectivity index (χ2n) is 9.01. The molecule has 30 heavy (non-hydrogen) atoms. The molecule has 0 aliphatic rings. The molecule has 2 N–H and O–H groups in total. The first kappa shape index (κ1) is 23.8. The van der Waals surface area contributed by atoms with Crippen LogP contribution >= 0.6 is 11.3 Å². The number of hydrogen-bond acceptors (Lipinski definition) is 6. The summed E-state index contributed by atoms with van der Waals surface area (Å²) in [6.45, 7) is 9.96. The van der Waals surface area contributed by atoms with Crippen LogP contribution in [0.4, 0.5) is 10.8 Å². The van der Waals surface area contributed by atoms with E-state index in [1.165, 1.54) is 11.3 Å². The zero-order chi connectivity index (χ0) is 22.5. The van der Waals surface area contributed by atoms with Crippen molar-refractivity contribution in [2.24, 2.45) is 11.3 Å². The van der Waals surface area contributed by atoms with E-state index in [4.69, 9.17) is 0 Å². The summed E-state index contributed by atoms with van der Waals surface area (Å²) in [5, 5.41) is 15.2. The molecule has 164 valence electrons. The number of hydrogen-bond donors (Lipinski definition) is 2. The second-order valence-corrected chi connectivity index (χ2v) is 9.99. The largest absolute Gasteiger partial charge is 0.378 e. The first-order chi connectivity index (χ1) is 14.0. The van der Waals surface area contributed by atoms with E-state index >= 15 is 0 Å². The average molecular weight is 432 g/mol. The van der Waals surface area contributed by atoms with Crippen molar-refractivity contribution >= 4 is 34.0 Å². The summed E-state index contributed by atoms with van der Waals surface area (Å²) < 4.78 is 0. The number of amides is 2. The highest BCUT2D eigenvalue weighted by Gasteiger charge is 2.28. The maximum atomic E-state index is 12.9. The summed E-state index contributed by atoms with van der Waals surface area (Å²) in [4.78, 5) is 27.3. The van der Waals surface area contributed by atoms with Gasteiger partial charge in [0.25, 0.3) is 0 Å². The molecule has 1 aromatic carbocycles. The Morgan fingerprint density at radius 2 is 1.77 bits per heavy atom. The van der Waals surface area contributed by atoms with Gasteiger partial charge in [-0.1, -0.05) is 52.4 Å². The van der Waals surface area contributed by atoms with Gasteiger partial charge in [-0.2, -0.15) is 0 Å². The Balaban J connectivity index is 2.09. The Bertz CT molecular complexity index is 855. The van der Waals surface area contributed by atoms with E-state index in [0.29, 0.717) is 11.6 Å². The highest BCUT2D eigenvalue weighted by atomic mass is 32.1. The lowest BCUT2D eigenvalue weighted by atomic mass is 9.91. The lowest BCUT2D eigenvalue weighted by Gasteiger charge is -2.25. The topological polar surface area (TPSA) is 87.2 Å². The smallest absolute Gasteiger partial charge is 0.249 e. The zero-order valence-corrected chi connectivity index (χ0v) is 19.8. The standard InChI is InChI=1S/C22H33N5O2S/c1-8-14(2)18(23-17(28)13-22(3,4)5)19(29)24-21-26-25-20(30-21)15-9-11-16(12-10-15)27(6)7/h9-12,14,18H,8,13H2,1-7H3,(H,23,28)(H,24,26,29)/t14-,18+/m1/s1. The normalized spacial score (nSPS) is 13.4. The van der Waals surface area contributed by atoms with E-state index in [1.54, 1.807) is 0 Å². The van der Waals surface area contributed by atoms with Gasteiger partial charge >= 0.3 is 0 Å². The van der Waals surface area contributed by atoms with Crippen LogP contribution in [0.3, 0.4) is 0 Å². The molecule has 2 aromatic rings. The van der Waals surface area contributed by atoms with Crippen LogP contribution in [0.5, 0.6) is 0 Å². The molecule has 2 amide bonds. The number of nitrogens with one attached hydrogen (secondary N) is 2. The van der Waals surface area contributed by atoms with Crippen molar-refractivity contribution in [3.8, 4) is 10.6 Å². The average Bonchev–Trinajstić information content (AvgIpc) is 3.12. The third-order valence-corrected chi connectivity index (χ3v) is 5.68.